The fraction of sp³-hybridized carbons (Fsp3) is 0.167. The van der Waals surface area contributed by atoms with Crippen LogP contribution in [0, 0.1) is 0 Å². The highest BCUT2D eigenvalue weighted by molar-refractivity contribution is 7.90. The lowest BCUT2D eigenvalue weighted by molar-refractivity contribution is 0.438. The number of nitrogens with zero attached hydrogens (tertiary/aromatic N) is 3. The third kappa shape index (κ3) is 5.58. The standard InChI is InChI=1S/C24H21Cl2FN4O2S/c25-19-8-6-18(7-9-19)23-22(17-4-2-1-3-5-17)16-31(29-23)24(28-15-14-27)30-34(32,33)21-12-10-20(26)11-13-21/h1-13,22H,14-16H2,(H,28,30). The van der Waals surface area contributed by atoms with E-state index in [4.69, 9.17) is 28.3 Å². The minimum absolute atomic E-state index is 0.0304. The van der Waals surface area contributed by atoms with E-state index < -0.39 is 16.7 Å². The van der Waals surface area contributed by atoms with Crippen molar-refractivity contribution in [3.63, 3.8) is 0 Å². The molecule has 0 aromatic heterocycles. The summed E-state index contributed by atoms with van der Waals surface area (Å²) in [6.45, 7) is -0.507. The third-order valence-electron chi connectivity index (χ3n) is 5.20. The molecule has 0 radical (unpaired) electrons. The van der Waals surface area contributed by atoms with Gasteiger partial charge < -0.3 is 5.32 Å². The molecule has 0 saturated heterocycles. The zero-order chi connectivity index (χ0) is 24.1. The van der Waals surface area contributed by atoms with Gasteiger partial charge in [0.2, 0.25) is 5.96 Å². The molecule has 1 N–H and O–H groups in total. The topological polar surface area (TPSA) is 74.1 Å². The predicted molar refractivity (Wildman–Crippen MR) is 134 cm³/mol. The molecule has 176 valence electrons. The Bertz CT molecular complexity index is 1300. The van der Waals surface area contributed by atoms with E-state index in [0.29, 0.717) is 16.6 Å². The quantitative estimate of drug-likeness (QED) is 0.363. The first-order chi connectivity index (χ1) is 16.4. The number of hydrazone groups is 1. The van der Waals surface area contributed by atoms with Gasteiger partial charge in [0.15, 0.2) is 0 Å². The molecule has 1 aliphatic rings. The van der Waals surface area contributed by atoms with Crippen LogP contribution in [0.2, 0.25) is 10.0 Å². The van der Waals surface area contributed by atoms with Crippen LogP contribution in [0.5, 0.6) is 0 Å². The molecule has 0 amide bonds. The summed E-state index contributed by atoms with van der Waals surface area (Å²) in [5, 5.41) is 9.93. The van der Waals surface area contributed by atoms with Crippen LogP contribution in [0.25, 0.3) is 0 Å². The second-order valence-corrected chi connectivity index (χ2v) is 9.97. The van der Waals surface area contributed by atoms with Crippen molar-refractivity contribution in [1.82, 2.24) is 10.3 Å². The summed E-state index contributed by atoms with van der Waals surface area (Å²) < 4.78 is 42.9. The Morgan fingerprint density at radius 3 is 2.24 bits per heavy atom. The van der Waals surface area contributed by atoms with Gasteiger partial charge in [0.1, 0.15) is 6.67 Å². The summed E-state index contributed by atoms with van der Waals surface area (Å²) in [4.78, 5) is -0.0304. The van der Waals surface area contributed by atoms with E-state index in [2.05, 4.69) is 9.71 Å². The number of alkyl halides is 1. The lowest BCUT2D eigenvalue weighted by Crippen LogP contribution is -2.39. The SMILES string of the molecule is O=S(=O)(/N=C(\NCCF)N1CC(c2ccccc2)C(c2ccc(Cl)cc2)=N1)c1ccc(Cl)cc1. The van der Waals surface area contributed by atoms with E-state index in [1.807, 2.05) is 42.5 Å². The van der Waals surface area contributed by atoms with E-state index in [1.54, 1.807) is 12.1 Å². The number of guanidine groups is 1. The smallest absolute Gasteiger partial charge is 0.285 e. The largest absolute Gasteiger partial charge is 0.351 e. The Labute approximate surface area is 207 Å². The van der Waals surface area contributed by atoms with Crippen molar-refractivity contribution in [2.45, 2.75) is 10.8 Å². The van der Waals surface area contributed by atoms with Crippen molar-refractivity contribution in [2.24, 2.45) is 9.50 Å². The van der Waals surface area contributed by atoms with Gasteiger partial charge in [-0.1, -0.05) is 65.7 Å². The van der Waals surface area contributed by atoms with Crippen LogP contribution in [0.4, 0.5) is 4.39 Å². The number of hydrogen-bond acceptors (Lipinski definition) is 3. The van der Waals surface area contributed by atoms with Crippen molar-refractivity contribution in [1.29, 1.82) is 0 Å². The minimum Gasteiger partial charge on any atom is -0.351 e. The molecule has 34 heavy (non-hydrogen) atoms. The summed E-state index contributed by atoms with van der Waals surface area (Å²) in [5.74, 6) is -0.226. The molecule has 1 heterocycles. The highest BCUT2D eigenvalue weighted by Gasteiger charge is 2.32. The zero-order valence-electron chi connectivity index (χ0n) is 17.9. The van der Waals surface area contributed by atoms with Crippen molar-refractivity contribution in [3.8, 4) is 0 Å². The van der Waals surface area contributed by atoms with E-state index >= 15 is 0 Å². The minimum atomic E-state index is -4.10. The second-order valence-electron chi connectivity index (χ2n) is 7.50. The number of halogens is 3. The number of benzene rings is 3. The highest BCUT2D eigenvalue weighted by atomic mass is 35.5. The van der Waals surface area contributed by atoms with Crippen molar-refractivity contribution in [2.75, 3.05) is 19.8 Å². The van der Waals surface area contributed by atoms with Gasteiger partial charge in [-0.25, -0.2) is 9.40 Å². The lowest BCUT2D eigenvalue weighted by Gasteiger charge is -2.19. The van der Waals surface area contributed by atoms with E-state index in [0.717, 1.165) is 16.8 Å². The third-order valence-corrected chi connectivity index (χ3v) is 6.98. The Balaban J connectivity index is 1.75. The Morgan fingerprint density at radius 2 is 1.62 bits per heavy atom. The van der Waals surface area contributed by atoms with Crippen LogP contribution in [0.15, 0.2) is 93.3 Å². The number of nitrogens with one attached hydrogen (secondary N) is 1. The number of hydrogen-bond donors (Lipinski definition) is 1. The molecular formula is C24H21Cl2FN4O2S. The molecule has 1 aliphatic heterocycles. The molecule has 0 bridgehead atoms. The van der Waals surface area contributed by atoms with Gasteiger partial charge in [0, 0.05) is 22.5 Å². The van der Waals surface area contributed by atoms with Gasteiger partial charge in [-0.3, -0.25) is 0 Å². The number of rotatable bonds is 6. The summed E-state index contributed by atoms with van der Waals surface area (Å²) in [5.41, 5.74) is 2.57. The summed E-state index contributed by atoms with van der Waals surface area (Å²) >= 11 is 11.9. The first-order valence-corrected chi connectivity index (χ1v) is 12.6. The fourth-order valence-electron chi connectivity index (χ4n) is 3.56. The number of sulfonamides is 1. The van der Waals surface area contributed by atoms with Crippen LogP contribution in [0.3, 0.4) is 0 Å². The van der Waals surface area contributed by atoms with E-state index in [-0.39, 0.29) is 23.3 Å². The molecule has 0 aliphatic carbocycles. The monoisotopic (exact) mass is 518 g/mol. The molecule has 1 atom stereocenters. The van der Waals surface area contributed by atoms with E-state index in [1.165, 1.54) is 29.3 Å². The molecule has 3 aromatic rings. The van der Waals surface area contributed by atoms with Gasteiger partial charge >= 0.3 is 0 Å². The van der Waals surface area contributed by atoms with Crippen molar-refractivity contribution in [3.05, 3.63) is 100 Å². The first-order valence-electron chi connectivity index (χ1n) is 10.4. The van der Waals surface area contributed by atoms with Crippen LogP contribution >= 0.6 is 23.2 Å². The van der Waals surface area contributed by atoms with Crippen molar-refractivity contribution >= 4 is 44.9 Å². The van der Waals surface area contributed by atoms with E-state index in [9.17, 15) is 12.8 Å². The van der Waals surface area contributed by atoms with Crippen LogP contribution in [-0.2, 0) is 10.0 Å². The Hall–Kier alpha value is -2.94. The highest BCUT2D eigenvalue weighted by Crippen LogP contribution is 2.30. The molecule has 1 unspecified atom stereocenters. The maximum atomic E-state index is 13.0. The molecule has 0 fully saturated rings. The molecule has 0 saturated carbocycles. The fourth-order valence-corrected chi connectivity index (χ4v) is 4.79. The zero-order valence-corrected chi connectivity index (χ0v) is 20.2. The van der Waals surface area contributed by atoms with Crippen LogP contribution in [-0.4, -0.2) is 44.9 Å². The van der Waals surface area contributed by atoms with Crippen LogP contribution in [0.1, 0.15) is 17.0 Å². The lowest BCUT2D eigenvalue weighted by atomic mass is 9.91. The maximum absolute atomic E-state index is 13.0. The molecule has 0 spiro atoms. The first kappa shape index (κ1) is 24.2. The predicted octanol–water partition coefficient (Wildman–Crippen LogP) is 5.10. The average molecular weight is 519 g/mol. The summed E-state index contributed by atoms with van der Waals surface area (Å²) in [6, 6.07) is 22.7. The molecule has 4 rings (SSSR count). The molecule has 10 heteroatoms. The normalized spacial score (nSPS) is 16.4. The van der Waals surface area contributed by atoms with Crippen molar-refractivity contribution < 1.29 is 12.8 Å². The Morgan fingerprint density at radius 1 is 1.00 bits per heavy atom. The Kier molecular flexibility index (Phi) is 7.50. The maximum Gasteiger partial charge on any atom is 0.285 e. The molecule has 3 aromatic carbocycles. The summed E-state index contributed by atoms with van der Waals surface area (Å²) in [6.07, 6.45) is 0. The van der Waals surface area contributed by atoms with Gasteiger partial charge in [-0.15, -0.1) is 4.40 Å². The van der Waals surface area contributed by atoms with Gasteiger partial charge in [-0.05, 0) is 47.5 Å². The van der Waals surface area contributed by atoms with Gasteiger partial charge in [-0.2, -0.15) is 13.5 Å². The van der Waals surface area contributed by atoms with Gasteiger partial charge in [0.05, 0.1) is 17.2 Å². The van der Waals surface area contributed by atoms with Crippen LogP contribution < -0.4 is 5.32 Å². The molecular weight excluding hydrogens is 498 g/mol. The second kappa shape index (κ2) is 10.5. The average Bonchev–Trinajstić information content (AvgIpc) is 3.28. The van der Waals surface area contributed by atoms with Gasteiger partial charge in [0.25, 0.3) is 10.0 Å². The summed E-state index contributed by atoms with van der Waals surface area (Å²) in [7, 11) is -4.10. The molecule has 6 nitrogen and oxygen atoms in total.